The van der Waals surface area contributed by atoms with Crippen molar-refractivity contribution in [2.45, 2.75) is 69.6 Å². The molecule has 1 saturated heterocycles. The van der Waals surface area contributed by atoms with Gasteiger partial charge in [-0.1, -0.05) is 64.7 Å². The molecule has 1 atom stereocenters. The van der Waals surface area contributed by atoms with Crippen molar-refractivity contribution in [3.05, 3.63) is 50.6 Å². The van der Waals surface area contributed by atoms with Crippen LogP contribution in [0.4, 0.5) is 0 Å². The lowest BCUT2D eigenvalue weighted by Gasteiger charge is -2.32. The number of carbonyl (C=O) groups is 1. The maximum Gasteiger partial charge on any atom is 0.243 e. The second kappa shape index (κ2) is 12.5. The third kappa shape index (κ3) is 7.09. The Kier molecular flexibility index (Phi) is 11.1. The zero-order valence-electron chi connectivity index (χ0n) is 18.4. The van der Waals surface area contributed by atoms with Crippen molar-refractivity contribution in [2.75, 3.05) is 19.6 Å². The number of hydrogen-bond acceptors (Lipinski definition) is 3. The van der Waals surface area contributed by atoms with Crippen molar-refractivity contribution in [1.82, 2.24) is 9.62 Å². The second-order valence-corrected chi connectivity index (χ2v) is 10.2. The summed E-state index contributed by atoms with van der Waals surface area (Å²) in [5.74, 6) is 1.28. The van der Waals surface area contributed by atoms with Crippen LogP contribution in [-0.2, 0) is 14.8 Å². The molecule has 1 heterocycles. The van der Waals surface area contributed by atoms with Gasteiger partial charge in [0, 0.05) is 19.6 Å². The Balaban J connectivity index is 0.00000225. The Labute approximate surface area is 184 Å². The third-order valence-corrected chi connectivity index (χ3v) is 7.85. The van der Waals surface area contributed by atoms with Crippen LogP contribution < -0.4 is 5.32 Å². The van der Waals surface area contributed by atoms with E-state index in [0.717, 1.165) is 50.0 Å². The zero-order chi connectivity index (χ0) is 20.0. The number of nitrogens with one attached hydrogen (secondary N) is 1. The molecule has 1 aliphatic heterocycles. The van der Waals surface area contributed by atoms with E-state index in [9.17, 15) is 13.2 Å². The quantitative estimate of drug-likeness (QED) is 0.744. The Bertz CT molecular complexity index is 738. The minimum atomic E-state index is -3.46. The normalized spacial score (nSPS) is 21.4. The van der Waals surface area contributed by atoms with Gasteiger partial charge in [-0.05, 0) is 50.7 Å². The maximum atomic E-state index is 12.9. The van der Waals surface area contributed by atoms with Crippen LogP contribution in [0, 0.1) is 33.6 Å². The van der Waals surface area contributed by atoms with Gasteiger partial charge in [0.2, 0.25) is 15.9 Å². The number of rotatable bonds is 5. The van der Waals surface area contributed by atoms with Crippen molar-refractivity contribution < 1.29 is 13.2 Å². The molecule has 1 aliphatic carbocycles. The van der Waals surface area contributed by atoms with E-state index < -0.39 is 10.0 Å². The second-order valence-electron chi connectivity index (χ2n) is 8.27. The average Bonchev–Trinajstić information content (AvgIpc) is 2.66. The summed E-state index contributed by atoms with van der Waals surface area (Å²) in [4.78, 5) is 12.9. The highest BCUT2D eigenvalue weighted by Gasteiger charge is 2.30. The Hall–Kier alpha value is -1.40. The van der Waals surface area contributed by atoms with Crippen LogP contribution in [0.2, 0.25) is 0 Å². The lowest BCUT2D eigenvalue weighted by Crippen LogP contribution is -2.44. The van der Waals surface area contributed by atoms with E-state index in [1.54, 1.807) is 16.4 Å². The van der Waals surface area contributed by atoms with E-state index >= 15 is 0 Å². The highest BCUT2D eigenvalue weighted by molar-refractivity contribution is 7.89. The van der Waals surface area contributed by atoms with Crippen molar-refractivity contribution >= 4 is 15.9 Å². The first-order valence-electron chi connectivity index (χ1n) is 10.7. The van der Waals surface area contributed by atoms with Crippen LogP contribution in [0.25, 0.3) is 0 Å². The van der Waals surface area contributed by atoms with E-state index in [2.05, 4.69) is 5.32 Å². The molecule has 0 spiro atoms. The van der Waals surface area contributed by atoms with Gasteiger partial charge < -0.3 is 5.32 Å². The molecule has 0 aromatic heterocycles. The Morgan fingerprint density at radius 2 is 1.60 bits per heavy atom. The summed E-state index contributed by atoms with van der Waals surface area (Å²) in [6.45, 7) is 3.54. The average molecular weight is 434 g/mol. The van der Waals surface area contributed by atoms with Gasteiger partial charge >= 0.3 is 0 Å². The van der Waals surface area contributed by atoms with Crippen LogP contribution in [0.3, 0.4) is 0 Å². The minimum Gasteiger partial charge on any atom is -0.355 e. The Morgan fingerprint density at radius 1 is 1.00 bits per heavy atom. The summed E-state index contributed by atoms with van der Waals surface area (Å²) in [5.41, 5.74) is 1.05. The number of piperidine rings is 1. The number of aryl methyl sites for hydroxylation is 1. The topological polar surface area (TPSA) is 66.5 Å². The number of hydrogen-bond donors (Lipinski definition) is 1. The Morgan fingerprint density at radius 3 is 2.23 bits per heavy atom. The van der Waals surface area contributed by atoms with Crippen LogP contribution >= 0.6 is 0 Å². The molecule has 0 bridgehead atoms. The van der Waals surface area contributed by atoms with E-state index in [0.29, 0.717) is 24.5 Å². The van der Waals surface area contributed by atoms with E-state index in [4.69, 9.17) is 0 Å². The van der Waals surface area contributed by atoms with Gasteiger partial charge in [0.05, 0.1) is 10.8 Å². The van der Waals surface area contributed by atoms with E-state index in [1.807, 2.05) is 19.1 Å². The number of sulfonamides is 1. The minimum absolute atomic E-state index is 0. The maximum absolute atomic E-state index is 12.9. The lowest BCUT2D eigenvalue weighted by atomic mass is 9.90. The fraction of sp³-hybridized carbons (Fsp3) is 0.583. The first kappa shape index (κ1) is 26.6. The molecular formula is C24H37N2O3S. The van der Waals surface area contributed by atoms with Crippen LogP contribution in [0.15, 0.2) is 29.2 Å². The molecule has 30 heavy (non-hydrogen) atoms. The first-order chi connectivity index (χ1) is 13.5. The van der Waals surface area contributed by atoms with Gasteiger partial charge in [-0.15, -0.1) is 0 Å². The lowest BCUT2D eigenvalue weighted by molar-refractivity contribution is -0.120. The van der Waals surface area contributed by atoms with E-state index in [-0.39, 0.29) is 26.7 Å². The third-order valence-electron chi connectivity index (χ3n) is 5.97. The fourth-order valence-electron chi connectivity index (χ4n) is 4.19. The van der Waals surface area contributed by atoms with Gasteiger partial charge in [-0.2, -0.15) is 4.31 Å². The number of benzene rings is 1. The molecule has 2 aliphatic rings. The highest BCUT2D eigenvalue weighted by atomic mass is 32.2. The summed E-state index contributed by atoms with van der Waals surface area (Å²) in [6, 6.07) is 7.03. The first-order valence-corrected chi connectivity index (χ1v) is 12.1. The highest BCUT2D eigenvalue weighted by Crippen LogP contribution is 2.26. The largest absolute Gasteiger partial charge is 0.355 e. The summed E-state index contributed by atoms with van der Waals surface area (Å²) in [5, 5.41) is 3.09. The molecule has 1 aromatic rings. The standard InChI is InChI=1S/C22H33N2O3S.2CH2/c1-18-11-13-21(14-12-18)28(26,27)24-15-7-8-19(17-24)16-23-22(25)20-9-5-3-2-4-6-10-20;;/h11-14,19H,2-10,15-17H2,1H3,(H,23,25);2*1H2. The van der Waals surface area contributed by atoms with Crippen molar-refractivity contribution in [3.63, 3.8) is 0 Å². The van der Waals surface area contributed by atoms with Crippen LogP contribution in [0.1, 0.15) is 63.4 Å². The summed E-state index contributed by atoms with van der Waals surface area (Å²) in [7, 11) is -3.46. The van der Waals surface area contributed by atoms with Crippen molar-refractivity contribution in [1.29, 1.82) is 0 Å². The number of carbonyl (C=O) groups excluding carboxylic acids is 1. The molecule has 6 heteroatoms. The van der Waals surface area contributed by atoms with Gasteiger partial charge in [0.25, 0.3) is 0 Å². The monoisotopic (exact) mass is 433 g/mol. The van der Waals surface area contributed by atoms with Crippen LogP contribution in [0.5, 0.6) is 0 Å². The summed E-state index contributed by atoms with van der Waals surface area (Å²) < 4.78 is 27.5. The molecule has 1 aromatic carbocycles. The SMILES string of the molecule is Cc1ccc(S(=O)(=O)N2CCCC(CNC(=O)[C]3CCCCCCC3)C2)cc1.[CH2].[CH2]. The summed E-state index contributed by atoms with van der Waals surface area (Å²) >= 11 is 0. The van der Waals surface area contributed by atoms with E-state index in [1.165, 1.54) is 19.3 Å². The predicted molar refractivity (Wildman–Crippen MR) is 122 cm³/mol. The molecule has 167 valence electrons. The molecule has 5 radical (unpaired) electrons. The molecule has 1 amide bonds. The molecule has 1 unspecified atom stereocenters. The van der Waals surface area contributed by atoms with Crippen molar-refractivity contribution in [2.24, 2.45) is 5.92 Å². The predicted octanol–water partition coefficient (Wildman–Crippen LogP) is 4.49. The number of nitrogens with zero attached hydrogens (tertiary/aromatic N) is 1. The van der Waals surface area contributed by atoms with Crippen molar-refractivity contribution in [3.8, 4) is 0 Å². The molecule has 1 N–H and O–H groups in total. The van der Waals surface area contributed by atoms with Gasteiger partial charge in [0.15, 0.2) is 0 Å². The smallest absolute Gasteiger partial charge is 0.243 e. The molecule has 3 rings (SSSR count). The molecule has 1 saturated carbocycles. The van der Waals surface area contributed by atoms with Crippen LogP contribution in [-0.4, -0.2) is 38.3 Å². The fourth-order valence-corrected chi connectivity index (χ4v) is 5.75. The molecule has 2 fully saturated rings. The van der Waals surface area contributed by atoms with Gasteiger partial charge in [0.1, 0.15) is 0 Å². The zero-order valence-corrected chi connectivity index (χ0v) is 19.2. The van der Waals surface area contributed by atoms with Gasteiger partial charge in [-0.3, -0.25) is 4.79 Å². The molecule has 5 nitrogen and oxygen atoms in total. The van der Waals surface area contributed by atoms with Gasteiger partial charge in [-0.25, -0.2) is 8.42 Å². The number of amides is 1. The molecular weight excluding hydrogens is 396 g/mol. The summed E-state index contributed by atoms with van der Waals surface area (Å²) in [6.07, 6.45) is 9.52.